The highest BCUT2D eigenvalue weighted by molar-refractivity contribution is 6.34. The molecule has 0 aliphatic rings. The van der Waals surface area contributed by atoms with Gasteiger partial charge in [0.15, 0.2) is 0 Å². The van der Waals surface area contributed by atoms with E-state index in [1.165, 1.54) is 17.0 Å². The zero-order chi connectivity index (χ0) is 14.6. The summed E-state index contributed by atoms with van der Waals surface area (Å²) in [5, 5.41) is 3.78. The van der Waals surface area contributed by atoms with Crippen LogP contribution in [0.15, 0.2) is 22.3 Å². The lowest BCUT2D eigenvalue weighted by molar-refractivity contribution is -0.121. The maximum atomic E-state index is 11.6. The molecule has 0 aliphatic carbocycles. The van der Waals surface area contributed by atoms with E-state index in [1.807, 2.05) is 20.8 Å². The number of nitrogens with one attached hydrogen (secondary N) is 1. The highest BCUT2D eigenvalue weighted by Crippen LogP contribution is 2.08. The van der Waals surface area contributed by atoms with Gasteiger partial charge in [0, 0.05) is 18.6 Å². The summed E-state index contributed by atoms with van der Waals surface area (Å²) >= 11 is 11.4. The van der Waals surface area contributed by atoms with E-state index in [4.69, 9.17) is 23.2 Å². The van der Waals surface area contributed by atoms with Crippen LogP contribution >= 0.6 is 23.2 Å². The fraction of sp³-hybridized carbons (Fsp3) is 0.417. The molecule has 0 bridgehead atoms. The molecular weight excluding hydrogens is 289 g/mol. The van der Waals surface area contributed by atoms with Crippen molar-refractivity contribution in [3.8, 4) is 0 Å². The summed E-state index contributed by atoms with van der Waals surface area (Å²) in [5.41, 5.74) is 1.82. The van der Waals surface area contributed by atoms with Gasteiger partial charge in [-0.2, -0.15) is 5.10 Å². The average molecular weight is 304 g/mol. The first kappa shape index (κ1) is 15.7. The second-order valence-corrected chi connectivity index (χ2v) is 5.93. The minimum Gasteiger partial charge on any atom is -0.342 e. The average Bonchev–Trinajstić information content (AvgIpc) is 2.23. The maximum Gasteiger partial charge on any atom is 0.259 e. The van der Waals surface area contributed by atoms with Crippen LogP contribution in [-0.2, 0) is 11.3 Å². The number of halogens is 2. The Morgan fingerprint density at radius 1 is 1.37 bits per heavy atom. The van der Waals surface area contributed by atoms with Gasteiger partial charge in [-0.25, -0.2) is 5.43 Å². The SMILES string of the molecule is CC(C)(C)/C=N/NC(=O)Cn1cc(Cl)c(=O)c(Cl)c1. The Morgan fingerprint density at radius 3 is 2.37 bits per heavy atom. The molecule has 0 aromatic carbocycles. The molecule has 19 heavy (non-hydrogen) atoms. The number of pyridine rings is 1. The fourth-order valence-electron chi connectivity index (χ4n) is 1.15. The quantitative estimate of drug-likeness (QED) is 0.688. The van der Waals surface area contributed by atoms with E-state index in [0.717, 1.165) is 0 Å². The van der Waals surface area contributed by atoms with E-state index in [9.17, 15) is 9.59 Å². The van der Waals surface area contributed by atoms with Crippen LogP contribution in [0.3, 0.4) is 0 Å². The van der Waals surface area contributed by atoms with Gasteiger partial charge in [-0.15, -0.1) is 0 Å². The normalized spacial score (nSPS) is 11.8. The van der Waals surface area contributed by atoms with Crippen molar-refractivity contribution in [2.24, 2.45) is 10.5 Å². The number of carbonyl (C=O) groups excluding carboxylic acids is 1. The Morgan fingerprint density at radius 2 is 1.89 bits per heavy atom. The molecular formula is C12H15Cl2N3O2. The molecule has 0 radical (unpaired) electrons. The number of aromatic nitrogens is 1. The van der Waals surface area contributed by atoms with Crippen molar-refractivity contribution < 1.29 is 4.79 Å². The molecule has 0 spiro atoms. The summed E-state index contributed by atoms with van der Waals surface area (Å²) in [7, 11) is 0. The number of carbonyl (C=O) groups is 1. The summed E-state index contributed by atoms with van der Waals surface area (Å²) in [6.07, 6.45) is 4.34. The minimum atomic E-state index is -0.453. The van der Waals surface area contributed by atoms with Gasteiger partial charge in [0.05, 0.1) is 0 Å². The second kappa shape index (κ2) is 6.21. The summed E-state index contributed by atoms with van der Waals surface area (Å²) < 4.78 is 1.42. The van der Waals surface area contributed by atoms with Crippen molar-refractivity contribution in [1.29, 1.82) is 0 Å². The van der Waals surface area contributed by atoms with E-state index in [0.29, 0.717) is 0 Å². The molecule has 104 valence electrons. The van der Waals surface area contributed by atoms with Crippen molar-refractivity contribution in [2.75, 3.05) is 0 Å². The molecule has 1 heterocycles. The molecule has 0 unspecified atom stereocenters. The van der Waals surface area contributed by atoms with Crippen molar-refractivity contribution in [3.05, 3.63) is 32.7 Å². The van der Waals surface area contributed by atoms with Gasteiger partial charge in [0.2, 0.25) is 5.43 Å². The van der Waals surface area contributed by atoms with E-state index in [-0.39, 0.29) is 27.9 Å². The molecule has 1 aromatic rings. The van der Waals surface area contributed by atoms with Gasteiger partial charge < -0.3 is 4.57 Å². The number of rotatable bonds is 3. The Balaban J connectivity index is 2.68. The van der Waals surface area contributed by atoms with Gasteiger partial charge in [0.1, 0.15) is 16.6 Å². The first-order valence-electron chi connectivity index (χ1n) is 5.57. The molecule has 1 N–H and O–H groups in total. The van der Waals surface area contributed by atoms with Crippen molar-refractivity contribution in [2.45, 2.75) is 27.3 Å². The lowest BCUT2D eigenvalue weighted by atomic mass is 9.99. The Bertz CT molecular complexity index is 533. The predicted octanol–water partition coefficient (Wildman–Crippen LogP) is 2.30. The molecule has 0 aliphatic heterocycles. The standard InChI is InChI=1S/C12H15Cl2N3O2/c1-12(2,3)7-15-16-10(18)6-17-4-8(13)11(19)9(14)5-17/h4-5,7H,6H2,1-3H3,(H,16,18)/b15-7+. The van der Waals surface area contributed by atoms with Crippen LogP contribution in [0.5, 0.6) is 0 Å². The molecule has 7 heteroatoms. The Labute approximate surface area is 121 Å². The summed E-state index contributed by atoms with van der Waals surface area (Å²) in [5.74, 6) is -0.337. The van der Waals surface area contributed by atoms with Gasteiger partial charge in [0.25, 0.3) is 5.91 Å². The molecule has 1 rings (SSSR count). The number of hydrogen-bond acceptors (Lipinski definition) is 3. The summed E-state index contributed by atoms with van der Waals surface area (Å²) in [4.78, 5) is 22.9. The first-order chi connectivity index (χ1) is 8.69. The molecule has 5 nitrogen and oxygen atoms in total. The predicted molar refractivity (Wildman–Crippen MR) is 76.8 cm³/mol. The third-order valence-electron chi connectivity index (χ3n) is 1.96. The zero-order valence-electron chi connectivity index (χ0n) is 10.9. The van der Waals surface area contributed by atoms with E-state index in [1.54, 1.807) is 6.21 Å². The summed E-state index contributed by atoms with van der Waals surface area (Å²) in [6, 6.07) is 0. The molecule has 0 saturated heterocycles. The highest BCUT2D eigenvalue weighted by Gasteiger charge is 2.08. The number of hydrazone groups is 1. The lowest BCUT2D eigenvalue weighted by Gasteiger charge is -2.10. The zero-order valence-corrected chi connectivity index (χ0v) is 12.4. The number of hydrogen-bond donors (Lipinski definition) is 1. The lowest BCUT2D eigenvalue weighted by Crippen LogP contribution is -2.25. The van der Waals surface area contributed by atoms with Crippen LogP contribution in [0.2, 0.25) is 10.0 Å². The van der Waals surface area contributed by atoms with Gasteiger partial charge in [-0.05, 0) is 5.41 Å². The van der Waals surface area contributed by atoms with E-state index < -0.39 is 5.43 Å². The number of nitrogens with zero attached hydrogens (tertiary/aromatic N) is 2. The Kier molecular flexibility index (Phi) is 5.14. The first-order valence-corrected chi connectivity index (χ1v) is 6.33. The molecule has 0 saturated carbocycles. The largest absolute Gasteiger partial charge is 0.342 e. The van der Waals surface area contributed by atoms with Crippen LogP contribution in [0.25, 0.3) is 0 Å². The highest BCUT2D eigenvalue weighted by atomic mass is 35.5. The topological polar surface area (TPSA) is 63.5 Å². The Hall–Kier alpha value is -1.33. The van der Waals surface area contributed by atoms with Crippen LogP contribution in [0, 0.1) is 5.41 Å². The van der Waals surface area contributed by atoms with Crippen molar-refractivity contribution in [3.63, 3.8) is 0 Å². The third kappa shape index (κ3) is 5.44. The molecule has 0 fully saturated rings. The van der Waals surface area contributed by atoms with E-state index >= 15 is 0 Å². The van der Waals surface area contributed by atoms with Crippen molar-refractivity contribution in [1.82, 2.24) is 9.99 Å². The summed E-state index contributed by atoms with van der Waals surface area (Å²) in [6.45, 7) is 5.86. The smallest absolute Gasteiger partial charge is 0.259 e. The second-order valence-electron chi connectivity index (χ2n) is 5.11. The molecule has 0 atom stereocenters. The molecule has 1 amide bonds. The van der Waals surface area contributed by atoms with Crippen LogP contribution < -0.4 is 10.9 Å². The van der Waals surface area contributed by atoms with Crippen LogP contribution in [0.4, 0.5) is 0 Å². The monoisotopic (exact) mass is 303 g/mol. The van der Waals surface area contributed by atoms with Crippen LogP contribution in [0.1, 0.15) is 20.8 Å². The van der Waals surface area contributed by atoms with E-state index in [2.05, 4.69) is 10.5 Å². The van der Waals surface area contributed by atoms with Crippen molar-refractivity contribution >= 4 is 35.3 Å². The van der Waals surface area contributed by atoms with Crippen LogP contribution in [-0.4, -0.2) is 16.7 Å². The third-order valence-corrected chi connectivity index (χ3v) is 2.50. The minimum absolute atomic E-state index is 0.0266. The number of amides is 1. The van der Waals surface area contributed by atoms with Gasteiger partial charge in [-0.3, -0.25) is 9.59 Å². The van der Waals surface area contributed by atoms with Gasteiger partial charge in [-0.1, -0.05) is 44.0 Å². The maximum absolute atomic E-state index is 11.6. The molecule has 1 aromatic heterocycles. The van der Waals surface area contributed by atoms with Gasteiger partial charge >= 0.3 is 0 Å². The fourth-order valence-corrected chi connectivity index (χ4v) is 1.65.